The van der Waals surface area contributed by atoms with Gasteiger partial charge in [0.15, 0.2) is 5.38 Å². The van der Waals surface area contributed by atoms with Crippen LogP contribution in [-0.2, 0) is 9.59 Å². The molecule has 2 aromatic rings. The van der Waals surface area contributed by atoms with Gasteiger partial charge in [-0.2, -0.15) is 0 Å². The van der Waals surface area contributed by atoms with Crippen molar-refractivity contribution in [1.29, 1.82) is 0 Å². The fraction of sp³-hybridized carbons (Fsp3) is 0.0625. The zero-order valence-corrected chi connectivity index (χ0v) is 12.8. The molecule has 0 spiro atoms. The van der Waals surface area contributed by atoms with E-state index in [-0.39, 0.29) is 5.71 Å². The highest BCUT2D eigenvalue weighted by molar-refractivity contribution is 6.68. The van der Waals surface area contributed by atoms with E-state index in [0.29, 0.717) is 16.4 Å². The molecule has 0 N–H and O–H groups in total. The molecule has 4 nitrogen and oxygen atoms in total. The zero-order chi connectivity index (χ0) is 15.7. The van der Waals surface area contributed by atoms with Gasteiger partial charge in [0.25, 0.3) is 11.8 Å². The Balaban J connectivity index is 2.01. The van der Waals surface area contributed by atoms with Crippen molar-refractivity contribution in [1.82, 2.24) is 0 Å². The average Bonchev–Trinajstić information content (AvgIpc) is 2.72. The van der Waals surface area contributed by atoms with E-state index in [0.717, 1.165) is 4.90 Å². The summed E-state index contributed by atoms with van der Waals surface area (Å²) in [5.74, 6) is -1.02. The third-order valence-corrected chi connectivity index (χ3v) is 3.80. The van der Waals surface area contributed by atoms with E-state index in [4.69, 9.17) is 23.2 Å². The van der Waals surface area contributed by atoms with Crippen molar-refractivity contribution in [3.05, 3.63) is 59.6 Å². The van der Waals surface area contributed by atoms with Crippen LogP contribution in [0, 0.1) is 0 Å². The predicted molar refractivity (Wildman–Crippen MR) is 87.1 cm³/mol. The molecule has 0 bridgehead atoms. The maximum Gasteiger partial charge on any atom is 0.281 e. The molecule has 1 atom stereocenters. The summed E-state index contributed by atoms with van der Waals surface area (Å²) in [7, 11) is 0. The molecule has 110 valence electrons. The number of halogens is 2. The number of anilines is 1. The van der Waals surface area contributed by atoms with Crippen LogP contribution in [0.1, 0.15) is 0 Å². The molecule has 1 aliphatic heterocycles. The first-order valence-corrected chi connectivity index (χ1v) is 7.31. The van der Waals surface area contributed by atoms with E-state index in [2.05, 4.69) is 4.99 Å². The van der Waals surface area contributed by atoms with E-state index in [1.54, 1.807) is 54.6 Å². The van der Waals surface area contributed by atoms with Gasteiger partial charge in [0.2, 0.25) is 0 Å². The van der Waals surface area contributed by atoms with E-state index in [1.807, 2.05) is 0 Å². The van der Waals surface area contributed by atoms with Crippen molar-refractivity contribution < 1.29 is 9.59 Å². The minimum Gasteiger partial charge on any atom is -0.272 e. The normalized spacial score (nSPS) is 20.0. The summed E-state index contributed by atoms with van der Waals surface area (Å²) in [5, 5.41) is -0.614. The molecule has 0 aromatic heterocycles. The molecule has 1 heterocycles. The Labute approximate surface area is 137 Å². The van der Waals surface area contributed by atoms with E-state index in [1.165, 1.54) is 0 Å². The second-order valence-corrected chi connectivity index (χ2v) is 5.53. The average molecular weight is 333 g/mol. The molecule has 1 fully saturated rings. The van der Waals surface area contributed by atoms with Crippen molar-refractivity contribution in [3.8, 4) is 0 Å². The standard InChI is InChI=1S/C16H10Cl2N2O2/c17-10-5-4-6-11(9-10)19-14-13(18)15(21)20(16(14)22)12-7-2-1-3-8-12/h1-9,13H. The van der Waals surface area contributed by atoms with Crippen molar-refractivity contribution in [2.75, 3.05) is 4.90 Å². The molecule has 1 aliphatic rings. The fourth-order valence-corrected chi connectivity index (χ4v) is 2.59. The molecule has 0 aliphatic carbocycles. The van der Waals surface area contributed by atoms with Gasteiger partial charge in [-0.3, -0.25) is 9.59 Å². The fourth-order valence-electron chi connectivity index (χ4n) is 2.16. The van der Waals surface area contributed by atoms with Gasteiger partial charge in [0.1, 0.15) is 5.71 Å². The summed E-state index contributed by atoms with van der Waals surface area (Å²) < 4.78 is 0. The maximum atomic E-state index is 12.5. The highest BCUT2D eigenvalue weighted by Crippen LogP contribution is 2.27. The van der Waals surface area contributed by atoms with Crippen molar-refractivity contribution in [2.45, 2.75) is 5.38 Å². The lowest BCUT2D eigenvalue weighted by molar-refractivity contribution is -0.120. The number of aliphatic imine (C=N–C) groups is 1. The molecule has 6 heteroatoms. The quantitative estimate of drug-likeness (QED) is 0.623. The number of carbonyl (C=O) groups excluding carboxylic acids is 2. The summed E-state index contributed by atoms with van der Waals surface area (Å²) in [6, 6.07) is 15.3. The highest BCUT2D eigenvalue weighted by Gasteiger charge is 2.44. The summed E-state index contributed by atoms with van der Waals surface area (Å²) in [4.78, 5) is 30.0. The number of nitrogens with zero attached hydrogens (tertiary/aromatic N) is 2. The van der Waals surface area contributed by atoms with Crippen molar-refractivity contribution in [3.63, 3.8) is 0 Å². The number of hydrogen-bond donors (Lipinski definition) is 0. The third kappa shape index (κ3) is 2.63. The molecule has 1 saturated heterocycles. The van der Waals surface area contributed by atoms with E-state index in [9.17, 15) is 9.59 Å². The molecule has 0 radical (unpaired) electrons. The second-order valence-electron chi connectivity index (χ2n) is 4.65. The van der Waals surface area contributed by atoms with Crippen LogP contribution in [-0.4, -0.2) is 22.9 Å². The van der Waals surface area contributed by atoms with Crippen molar-refractivity contribution in [2.24, 2.45) is 4.99 Å². The van der Waals surface area contributed by atoms with Gasteiger partial charge < -0.3 is 0 Å². The third-order valence-electron chi connectivity index (χ3n) is 3.17. The minimum atomic E-state index is -1.10. The number of carbonyl (C=O) groups is 2. The van der Waals surface area contributed by atoms with E-state index < -0.39 is 17.2 Å². The Kier molecular flexibility index (Phi) is 3.96. The number of rotatable bonds is 2. The number of hydrogen-bond acceptors (Lipinski definition) is 3. The molecule has 2 aromatic carbocycles. The van der Waals surface area contributed by atoms with E-state index >= 15 is 0 Å². The minimum absolute atomic E-state index is 0.00205. The summed E-state index contributed by atoms with van der Waals surface area (Å²) in [6.07, 6.45) is 0. The lowest BCUT2D eigenvalue weighted by atomic mass is 10.3. The van der Waals surface area contributed by atoms with Gasteiger partial charge in [-0.1, -0.05) is 35.9 Å². The van der Waals surface area contributed by atoms with Gasteiger partial charge >= 0.3 is 0 Å². The van der Waals surface area contributed by atoms with Gasteiger partial charge in [-0.05, 0) is 30.3 Å². The number of para-hydroxylation sites is 1. The second kappa shape index (κ2) is 5.91. The molecule has 3 rings (SSSR count). The Hall–Kier alpha value is -2.17. The molecule has 22 heavy (non-hydrogen) atoms. The molecule has 1 unspecified atom stereocenters. The predicted octanol–water partition coefficient (Wildman–Crippen LogP) is 3.59. The monoisotopic (exact) mass is 332 g/mol. The maximum absolute atomic E-state index is 12.5. The van der Waals surface area contributed by atoms with Crippen LogP contribution in [0.5, 0.6) is 0 Å². The van der Waals surface area contributed by atoms with Crippen LogP contribution in [0.2, 0.25) is 5.02 Å². The smallest absolute Gasteiger partial charge is 0.272 e. The lowest BCUT2D eigenvalue weighted by Gasteiger charge is -2.12. The van der Waals surface area contributed by atoms with Crippen LogP contribution < -0.4 is 4.90 Å². The number of imide groups is 1. The first-order valence-electron chi connectivity index (χ1n) is 6.49. The summed E-state index contributed by atoms with van der Waals surface area (Å²) in [6.45, 7) is 0. The summed E-state index contributed by atoms with van der Waals surface area (Å²) in [5.41, 5.74) is 0.946. The Morgan fingerprint density at radius 2 is 1.73 bits per heavy atom. The van der Waals surface area contributed by atoms with Gasteiger partial charge in [0, 0.05) is 5.02 Å². The lowest BCUT2D eigenvalue weighted by Crippen LogP contribution is -2.31. The number of alkyl halides is 1. The molecular formula is C16H10Cl2N2O2. The number of amides is 2. The van der Waals surface area contributed by atoms with Crippen LogP contribution in [0.3, 0.4) is 0 Å². The van der Waals surface area contributed by atoms with Crippen LogP contribution in [0.4, 0.5) is 11.4 Å². The van der Waals surface area contributed by atoms with Gasteiger partial charge in [-0.25, -0.2) is 9.89 Å². The van der Waals surface area contributed by atoms with Crippen molar-refractivity contribution >= 4 is 52.1 Å². The van der Waals surface area contributed by atoms with Gasteiger partial charge in [0.05, 0.1) is 11.4 Å². The first kappa shape index (κ1) is 14.8. The highest BCUT2D eigenvalue weighted by atomic mass is 35.5. The van der Waals surface area contributed by atoms with Crippen LogP contribution in [0.15, 0.2) is 59.6 Å². The number of benzene rings is 2. The topological polar surface area (TPSA) is 49.7 Å². The SMILES string of the molecule is O=C1C(=Nc2cccc(Cl)c2)C(Cl)C(=O)N1c1ccccc1. The first-order chi connectivity index (χ1) is 10.6. The molecule has 0 saturated carbocycles. The molecular weight excluding hydrogens is 323 g/mol. The summed E-state index contributed by atoms with van der Waals surface area (Å²) >= 11 is 12.0. The van der Waals surface area contributed by atoms with Crippen LogP contribution in [0.25, 0.3) is 0 Å². The van der Waals surface area contributed by atoms with Gasteiger partial charge in [-0.15, -0.1) is 11.6 Å². The Morgan fingerprint density at radius 1 is 1.00 bits per heavy atom. The Bertz CT molecular complexity index is 775. The zero-order valence-electron chi connectivity index (χ0n) is 11.2. The Morgan fingerprint density at radius 3 is 2.41 bits per heavy atom. The van der Waals surface area contributed by atoms with Crippen LogP contribution >= 0.6 is 23.2 Å². The largest absolute Gasteiger partial charge is 0.281 e. The molecule has 2 amide bonds.